The molecule has 1 rings (SSSR count). The van der Waals surface area contributed by atoms with Crippen LogP contribution in [0.5, 0.6) is 0 Å². The van der Waals surface area contributed by atoms with Crippen molar-refractivity contribution in [3.8, 4) is 0 Å². The number of aliphatic carboxylic acids is 1. The quantitative estimate of drug-likeness (QED) is 0.846. The van der Waals surface area contributed by atoms with Crippen LogP contribution in [0.1, 0.15) is 26.7 Å². The molecule has 0 aromatic heterocycles. The summed E-state index contributed by atoms with van der Waals surface area (Å²) >= 11 is 0. The van der Waals surface area contributed by atoms with Crippen LogP contribution in [0.3, 0.4) is 0 Å². The lowest BCUT2D eigenvalue weighted by Crippen LogP contribution is -2.26. The molecule has 1 N–H and O–H groups in total. The van der Waals surface area contributed by atoms with Gasteiger partial charge in [0.1, 0.15) is 5.82 Å². The Morgan fingerprint density at radius 2 is 2.11 bits per heavy atom. The number of hydrogen-bond donors (Lipinski definition) is 1. The predicted octanol–water partition coefficient (Wildman–Crippen LogP) is 3.15. The van der Waals surface area contributed by atoms with Gasteiger partial charge in [-0.25, -0.2) is 4.39 Å². The molecule has 0 atom stereocenters. The number of hydrogen-bond acceptors (Lipinski definition) is 2. The summed E-state index contributed by atoms with van der Waals surface area (Å²) in [6, 6.07) is 6.39. The van der Waals surface area contributed by atoms with E-state index in [1.807, 2.05) is 18.0 Å². The first-order valence-electron chi connectivity index (χ1n) is 6.03. The Kier molecular flexibility index (Phi) is 4.70. The average molecular weight is 253 g/mol. The van der Waals surface area contributed by atoms with Gasteiger partial charge >= 0.3 is 5.97 Å². The number of benzene rings is 1. The minimum Gasteiger partial charge on any atom is -0.481 e. The van der Waals surface area contributed by atoms with Crippen molar-refractivity contribution in [3.63, 3.8) is 0 Å². The fourth-order valence-corrected chi connectivity index (χ4v) is 1.71. The number of rotatable bonds is 6. The molecule has 0 saturated carbocycles. The Hall–Kier alpha value is -1.58. The number of carboxylic acid groups (broad SMARTS) is 1. The highest BCUT2D eigenvalue weighted by Crippen LogP contribution is 2.23. The highest BCUT2D eigenvalue weighted by atomic mass is 19.1. The lowest BCUT2D eigenvalue weighted by molar-refractivity contribution is -0.147. The van der Waals surface area contributed by atoms with Gasteiger partial charge in [-0.1, -0.05) is 6.07 Å². The second kappa shape index (κ2) is 5.85. The van der Waals surface area contributed by atoms with Gasteiger partial charge in [-0.2, -0.15) is 0 Å². The van der Waals surface area contributed by atoms with Crippen molar-refractivity contribution in [2.24, 2.45) is 5.41 Å². The Morgan fingerprint density at radius 3 is 2.67 bits per heavy atom. The van der Waals surface area contributed by atoms with Crippen LogP contribution in [0, 0.1) is 11.2 Å². The highest BCUT2D eigenvalue weighted by molar-refractivity contribution is 5.73. The third kappa shape index (κ3) is 4.02. The molecule has 18 heavy (non-hydrogen) atoms. The van der Waals surface area contributed by atoms with Crippen molar-refractivity contribution in [3.05, 3.63) is 30.1 Å². The zero-order chi connectivity index (χ0) is 13.8. The fraction of sp³-hybridized carbons (Fsp3) is 0.500. The lowest BCUT2D eigenvalue weighted by Gasteiger charge is -2.23. The monoisotopic (exact) mass is 253 g/mol. The molecule has 100 valence electrons. The van der Waals surface area contributed by atoms with Crippen LogP contribution in [0.15, 0.2) is 24.3 Å². The third-order valence-corrected chi connectivity index (χ3v) is 3.12. The topological polar surface area (TPSA) is 40.5 Å². The van der Waals surface area contributed by atoms with Gasteiger partial charge < -0.3 is 10.0 Å². The molecule has 0 aliphatic rings. The molecule has 0 radical (unpaired) electrons. The Balaban J connectivity index is 2.47. The summed E-state index contributed by atoms with van der Waals surface area (Å²) in [5.41, 5.74) is 0.103. The molecule has 0 aliphatic carbocycles. The summed E-state index contributed by atoms with van der Waals surface area (Å²) in [4.78, 5) is 12.9. The lowest BCUT2D eigenvalue weighted by atomic mass is 9.88. The zero-order valence-corrected chi connectivity index (χ0v) is 11.1. The maximum Gasteiger partial charge on any atom is 0.309 e. The van der Waals surface area contributed by atoms with Gasteiger partial charge in [-0.15, -0.1) is 0 Å². The van der Waals surface area contributed by atoms with Gasteiger partial charge in [0.25, 0.3) is 0 Å². The smallest absolute Gasteiger partial charge is 0.309 e. The normalized spacial score (nSPS) is 11.3. The van der Waals surface area contributed by atoms with Gasteiger partial charge in [-0.3, -0.25) is 4.79 Å². The largest absolute Gasteiger partial charge is 0.481 e. The highest BCUT2D eigenvalue weighted by Gasteiger charge is 2.26. The van der Waals surface area contributed by atoms with Crippen LogP contribution in [-0.4, -0.2) is 24.7 Å². The first kappa shape index (κ1) is 14.5. The maximum atomic E-state index is 13.0. The molecule has 1 aromatic rings. The van der Waals surface area contributed by atoms with Gasteiger partial charge in [-0.05, 0) is 44.9 Å². The standard InChI is InChI=1S/C14H20FNO2/c1-14(2,13(17)18)8-5-9-16(3)12-7-4-6-11(15)10-12/h4,6-7,10H,5,8-9H2,1-3H3,(H,17,18). The van der Waals surface area contributed by atoms with Crippen molar-refractivity contribution in [2.75, 3.05) is 18.5 Å². The van der Waals surface area contributed by atoms with Gasteiger partial charge in [0, 0.05) is 19.3 Å². The molecular weight excluding hydrogens is 233 g/mol. The first-order chi connectivity index (χ1) is 8.33. The van der Waals surface area contributed by atoms with Crippen LogP contribution < -0.4 is 4.90 Å². The van der Waals surface area contributed by atoms with E-state index in [0.29, 0.717) is 13.0 Å². The number of carbonyl (C=O) groups is 1. The molecule has 0 fully saturated rings. The SMILES string of the molecule is CN(CCCC(C)(C)C(=O)O)c1cccc(F)c1. The molecule has 0 spiro atoms. The van der Waals surface area contributed by atoms with E-state index in [2.05, 4.69) is 0 Å². The van der Waals surface area contributed by atoms with Gasteiger partial charge in [0.05, 0.1) is 5.41 Å². The Morgan fingerprint density at radius 1 is 1.44 bits per heavy atom. The summed E-state index contributed by atoms with van der Waals surface area (Å²) in [5, 5.41) is 9.00. The maximum absolute atomic E-state index is 13.0. The summed E-state index contributed by atoms with van der Waals surface area (Å²) in [6.45, 7) is 4.15. The number of halogens is 1. The van der Waals surface area contributed by atoms with Crippen molar-refractivity contribution < 1.29 is 14.3 Å². The van der Waals surface area contributed by atoms with Gasteiger partial charge in [0.15, 0.2) is 0 Å². The molecule has 0 amide bonds. The average Bonchev–Trinajstić information content (AvgIpc) is 2.28. The fourth-order valence-electron chi connectivity index (χ4n) is 1.71. The van der Waals surface area contributed by atoms with Crippen molar-refractivity contribution in [1.29, 1.82) is 0 Å². The number of carboxylic acids is 1. The molecule has 0 saturated heterocycles. The van der Waals surface area contributed by atoms with Crippen molar-refractivity contribution >= 4 is 11.7 Å². The van der Waals surface area contributed by atoms with E-state index in [9.17, 15) is 9.18 Å². The van der Waals surface area contributed by atoms with Gasteiger partial charge in [0.2, 0.25) is 0 Å². The van der Waals surface area contributed by atoms with E-state index in [4.69, 9.17) is 5.11 Å². The summed E-state index contributed by atoms with van der Waals surface area (Å²) in [5.74, 6) is -1.04. The second-order valence-electron chi connectivity index (χ2n) is 5.19. The van der Waals surface area contributed by atoms with E-state index in [1.54, 1.807) is 19.9 Å². The molecule has 0 bridgehead atoms. The molecule has 0 heterocycles. The molecule has 1 aromatic carbocycles. The molecule has 0 unspecified atom stereocenters. The summed E-state index contributed by atoms with van der Waals surface area (Å²) in [7, 11) is 1.88. The van der Waals surface area contributed by atoms with Crippen LogP contribution in [0.25, 0.3) is 0 Å². The van der Waals surface area contributed by atoms with Crippen LogP contribution in [0.2, 0.25) is 0 Å². The summed E-state index contributed by atoms with van der Waals surface area (Å²) < 4.78 is 13.0. The zero-order valence-electron chi connectivity index (χ0n) is 11.1. The molecule has 4 heteroatoms. The summed E-state index contributed by atoms with van der Waals surface area (Å²) in [6.07, 6.45) is 1.36. The second-order valence-corrected chi connectivity index (χ2v) is 5.19. The van der Waals surface area contributed by atoms with E-state index >= 15 is 0 Å². The van der Waals surface area contributed by atoms with E-state index < -0.39 is 11.4 Å². The van der Waals surface area contributed by atoms with Crippen LogP contribution >= 0.6 is 0 Å². The number of anilines is 1. The predicted molar refractivity (Wildman–Crippen MR) is 70.3 cm³/mol. The Labute approximate surface area is 107 Å². The van der Waals surface area contributed by atoms with E-state index in [-0.39, 0.29) is 5.82 Å². The Bertz CT molecular complexity index is 418. The van der Waals surface area contributed by atoms with E-state index in [1.165, 1.54) is 12.1 Å². The van der Waals surface area contributed by atoms with Crippen LogP contribution in [-0.2, 0) is 4.79 Å². The van der Waals surface area contributed by atoms with Crippen molar-refractivity contribution in [2.45, 2.75) is 26.7 Å². The molecule has 0 aliphatic heterocycles. The minimum atomic E-state index is -0.782. The van der Waals surface area contributed by atoms with Crippen LogP contribution in [0.4, 0.5) is 10.1 Å². The molecule has 3 nitrogen and oxygen atoms in total. The van der Waals surface area contributed by atoms with Crippen molar-refractivity contribution in [1.82, 2.24) is 0 Å². The number of nitrogens with zero attached hydrogens (tertiary/aromatic N) is 1. The third-order valence-electron chi connectivity index (χ3n) is 3.12. The van der Waals surface area contributed by atoms with E-state index in [0.717, 1.165) is 12.1 Å². The first-order valence-corrected chi connectivity index (χ1v) is 6.03. The molecular formula is C14H20FNO2. The minimum absolute atomic E-state index is 0.259.